The van der Waals surface area contributed by atoms with E-state index in [4.69, 9.17) is 4.74 Å². The van der Waals surface area contributed by atoms with Gasteiger partial charge < -0.3 is 4.74 Å². The van der Waals surface area contributed by atoms with Crippen molar-refractivity contribution in [3.8, 4) is 0 Å². The Labute approximate surface area is 121 Å². The van der Waals surface area contributed by atoms with E-state index in [0.29, 0.717) is 12.2 Å². The molecule has 0 N–H and O–H groups in total. The van der Waals surface area contributed by atoms with Gasteiger partial charge in [0.2, 0.25) is 0 Å². The maximum Gasteiger partial charge on any atom is 0.0678 e. The zero-order chi connectivity index (χ0) is 13.5. The van der Waals surface area contributed by atoms with E-state index in [9.17, 15) is 0 Å². The summed E-state index contributed by atoms with van der Waals surface area (Å²) in [5.74, 6) is 1.22. The molecule has 2 nitrogen and oxygen atoms in total. The molecule has 0 unspecified atom stereocenters. The molecule has 0 amide bonds. The Bertz CT molecular complexity index is 347. The summed E-state index contributed by atoms with van der Waals surface area (Å²) < 4.78 is 5.76. The van der Waals surface area contributed by atoms with Crippen LogP contribution >= 0.6 is 11.8 Å². The number of hydrogen-bond acceptors (Lipinski definition) is 3. The minimum absolute atomic E-state index is 0.391. The highest BCUT2D eigenvalue weighted by atomic mass is 32.2. The molecule has 0 radical (unpaired) electrons. The van der Waals surface area contributed by atoms with E-state index in [2.05, 4.69) is 49.1 Å². The first kappa shape index (κ1) is 14.9. The van der Waals surface area contributed by atoms with Crippen LogP contribution in [-0.2, 0) is 4.74 Å². The third-order valence-electron chi connectivity index (χ3n) is 3.38. The minimum Gasteiger partial charge on any atom is -0.373 e. The maximum atomic E-state index is 5.76. The van der Waals surface area contributed by atoms with Crippen LogP contribution in [0, 0.1) is 0 Å². The van der Waals surface area contributed by atoms with Crippen molar-refractivity contribution in [2.75, 3.05) is 25.4 Å². The van der Waals surface area contributed by atoms with E-state index in [1.54, 1.807) is 0 Å². The number of ether oxygens (including phenoxy) is 1. The fourth-order valence-corrected chi connectivity index (χ4v) is 3.54. The van der Waals surface area contributed by atoms with Crippen molar-refractivity contribution >= 4 is 11.8 Å². The van der Waals surface area contributed by atoms with Gasteiger partial charge in [-0.05, 0) is 51.1 Å². The molecule has 2 rings (SSSR count). The van der Waals surface area contributed by atoms with E-state index in [0.717, 1.165) is 13.1 Å². The van der Waals surface area contributed by atoms with Crippen LogP contribution in [-0.4, -0.2) is 42.5 Å². The summed E-state index contributed by atoms with van der Waals surface area (Å²) in [6.07, 6.45) is 3.36. The molecular formula is C16H25NOS. The van der Waals surface area contributed by atoms with Crippen LogP contribution in [0.3, 0.4) is 0 Å². The molecule has 0 saturated carbocycles. The minimum atomic E-state index is 0.391. The fraction of sp³-hybridized carbons (Fsp3) is 0.625. The highest BCUT2D eigenvalue weighted by Gasteiger charge is 2.21. The third-order valence-corrected chi connectivity index (χ3v) is 4.47. The number of hydrogen-bond donors (Lipinski definition) is 0. The lowest BCUT2D eigenvalue weighted by Gasteiger charge is -2.35. The van der Waals surface area contributed by atoms with Crippen molar-refractivity contribution in [3.05, 3.63) is 30.3 Å². The Morgan fingerprint density at radius 3 is 2.47 bits per heavy atom. The van der Waals surface area contributed by atoms with Gasteiger partial charge in [0.05, 0.1) is 12.2 Å². The van der Waals surface area contributed by atoms with E-state index in [1.165, 1.54) is 30.0 Å². The van der Waals surface area contributed by atoms with E-state index < -0.39 is 0 Å². The highest BCUT2D eigenvalue weighted by Crippen LogP contribution is 2.19. The highest BCUT2D eigenvalue weighted by molar-refractivity contribution is 7.99. The molecule has 1 aromatic carbocycles. The number of thioether (sulfide) groups is 1. The van der Waals surface area contributed by atoms with Gasteiger partial charge in [-0.3, -0.25) is 4.90 Å². The lowest BCUT2D eigenvalue weighted by Crippen LogP contribution is -2.45. The summed E-state index contributed by atoms with van der Waals surface area (Å²) >= 11 is 1.96. The second-order valence-electron chi connectivity index (χ2n) is 5.39. The van der Waals surface area contributed by atoms with E-state index in [-0.39, 0.29) is 0 Å². The predicted octanol–water partition coefficient (Wildman–Crippen LogP) is 3.67. The van der Waals surface area contributed by atoms with E-state index in [1.807, 2.05) is 11.8 Å². The lowest BCUT2D eigenvalue weighted by molar-refractivity contribution is -0.0680. The van der Waals surface area contributed by atoms with Gasteiger partial charge in [0, 0.05) is 18.0 Å². The summed E-state index contributed by atoms with van der Waals surface area (Å²) in [5.41, 5.74) is 0. The van der Waals surface area contributed by atoms with Crippen LogP contribution in [0.5, 0.6) is 0 Å². The van der Waals surface area contributed by atoms with Gasteiger partial charge in [0.15, 0.2) is 0 Å². The molecule has 1 aliphatic heterocycles. The number of nitrogens with zero attached hydrogens (tertiary/aromatic N) is 1. The zero-order valence-electron chi connectivity index (χ0n) is 12.0. The molecule has 3 heteroatoms. The predicted molar refractivity (Wildman–Crippen MR) is 82.8 cm³/mol. The van der Waals surface area contributed by atoms with Crippen LogP contribution in [0.2, 0.25) is 0 Å². The summed E-state index contributed by atoms with van der Waals surface area (Å²) in [5, 5.41) is 0. The van der Waals surface area contributed by atoms with Crippen molar-refractivity contribution in [2.45, 2.75) is 43.8 Å². The summed E-state index contributed by atoms with van der Waals surface area (Å²) in [4.78, 5) is 3.93. The molecule has 0 aliphatic carbocycles. The molecule has 1 heterocycles. The molecule has 0 spiro atoms. The number of morpholine rings is 1. The van der Waals surface area contributed by atoms with Crippen molar-refractivity contribution < 1.29 is 4.74 Å². The Hall–Kier alpha value is -0.510. The second kappa shape index (κ2) is 7.93. The molecule has 19 heavy (non-hydrogen) atoms. The van der Waals surface area contributed by atoms with Gasteiger partial charge in [-0.2, -0.15) is 0 Å². The van der Waals surface area contributed by atoms with Gasteiger partial charge in [-0.25, -0.2) is 0 Å². The van der Waals surface area contributed by atoms with Gasteiger partial charge in [0.25, 0.3) is 0 Å². The number of unbranched alkanes of at least 4 members (excludes halogenated alkanes) is 1. The van der Waals surface area contributed by atoms with E-state index >= 15 is 0 Å². The average Bonchev–Trinajstić information content (AvgIpc) is 2.38. The van der Waals surface area contributed by atoms with Crippen LogP contribution in [0.15, 0.2) is 35.2 Å². The van der Waals surface area contributed by atoms with Crippen LogP contribution < -0.4 is 0 Å². The Morgan fingerprint density at radius 2 is 1.79 bits per heavy atom. The van der Waals surface area contributed by atoms with Crippen LogP contribution in [0.1, 0.15) is 26.7 Å². The molecule has 1 aliphatic rings. The monoisotopic (exact) mass is 279 g/mol. The largest absolute Gasteiger partial charge is 0.373 e. The molecule has 2 atom stereocenters. The van der Waals surface area contributed by atoms with Crippen LogP contribution in [0.4, 0.5) is 0 Å². The number of benzene rings is 1. The summed E-state index contributed by atoms with van der Waals surface area (Å²) in [6.45, 7) is 7.75. The summed E-state index contributed by atoms with van der Waals surface area (Å²) in [6, 6.07) is 10.7. The molecular weight excluding hydrogens is 254 g/mol. The first-order valence-corrected chi connectivity index (χ1v) is 8.28. The maximum absolute atomic E-state index is 5.76. The lowest BCUT2D eigenvalue weighted by atomic mass is 10.2. The third kappa shape index (κ3) is 5.55. The quantitative estimate of drug-likeness (QED) is 0.582. The van der Waals surface area contributed by atoms with Crippen LogP contribution in [0.25, 0.3) is 0 Å². The van der Waals surface area contributed by atoms with Gasteiger partial charge in [-0.15, -0.1) is 11.8 Å². The number of rotatable bonds is 6. The SMILES string of the molecule is C[C@H]1CN(CCCCSc2ccccc2)C[C@H](C)O1. The Balaban J connectivity index is 1.57. The zero-order valence-corrected chi connectivity index (χ0v) is 12.9. The molecule has 1 aromatic rings. The molecule has 106 valence electrons. The molecule has 1 saturated heterocycles. The van der Waals surface area contributed by atoms with Crippen molar-refractivity contribution in [1.29, 1.82) is 0 Å². The van der Waals surface area contributed by atoms with Gasteiger partial charge in [-0.1, -0.05) is 18.2 Å². The van der Waals surface area contributed by atoms with Crippen molar-refractivity contribution in [2.24, 2.45) is 0 Å². The smallest absolute Gasteiger partial charge is 0.0678 e. The van der Waals surface area contributed by atoms with Crippen molar-refractivity contribution in [1.82, 2.24) is 4.90 Å². The van der Waals surface area contributed by atoms with Gasteiger partial charge in [0.1, 0.15) is 0 Å². The summed E-state index contributed by atoms with van der Waals surface area (Å²) in [7, 11) is 0. The van der Waals surface area contributed by atoms with Gasteiger partial charge >= 0.3 is 0 Å². The fourth-order valence-electron chi connectivity index (χ4n) is 2.61. The second-order valence-corrected chi connectivity index (χ2v) is 6.55. The average molecular weight is 279 g/mol. The first-order chi connectivity index (χ1) is 9.24. The topological polar surface area (TPSA) is 12.5 Å². The molecule has 1 fully saturated rings. The normalized spacial score (nSPS) is 24.5. The molecule has 0 aromatic heterocycles. The Morgan fingerprint density at radius 1 is 1.11 bits per heavy atom. The first-order valence-electron chi connectivity index (χ1n) is 7.29. The Kier molecular flexibility index (Phi) is 6.21. The van der Waals surface area contributed by atoms with Crippen molar-refractivity contribution in [3.63, 3.8) is 0 Å². The standard InChI is InChI=1S/C16H25NOS/c1-14-12-17(13-15(2)18-14)10-6-7-11-19-16-8-4-3-5-9-16/h3-5,8-9,14-15H,6-7,10-13H2,1-2H3/t14-,15-/m0/s1. The molecule has 0 bridgehead atoms.